The molecule has 2 aromatic carbocycles. The van der Waals surface area contributed by atoms with Gasteiger partial charge in [0.15, 0.2) is 0 Å². The molecule has 0 spiro atoms. The number of nitrogens with zero attached hydrogens (tertiary/aromatic N) is 1. The normalized spacial score (nSPS) is 15.1. The number of thiocarbonyl (C=S) groups is 1. The van der Waals surface area contributed by atoms with Crippen LogP contribution in [-0.2, 0) is 9.59 Å². The summed E-state index contributed by atoms with van der Waals surface area (Å²) in [5.41, 5.74) is 3.22. The molecule has 1 aromatic heterocycles. The van der Waals surface area contributed by atoms with Crippen molar-refractivity contribution >= 4 is 46.3 Å². The molecule has 0 unspecified atom stereocenters. The quantitative estimate of drug-likeness (QED) is 0.370. The van der Waals surface area contributed by atoms with E-state index in [0.717, 1.165) is 16.7 Å². The van der Waals surface area contributed by atoms with E-state index in [-0.39, 0.29) is 12.3 Å². The first-order valence-electron chi connectivity index (χ1n) is 9.74. The molecule has 1 N–H and O–H groups in total. The summed E-state index contributed by atoms with van der Waals surface area (Å²) >= 11 is 6.47. The second-order valence-corrected chi connectivity index (χ2v) is 8.65. The average molecular weight is 450 g/mol. The molecule has 1 aliphatic heterocycles. The van der Waals surface area contributed by atoms with Crippen LogP contribution in [0.15, 0.2) is 76.1 Å². The van der Waals surface area contributed by atoms with Crippen LogP contribution in [0.2, 0.25) is 0 Å². The minimum absolute atomic E-state index is 0.000708. The lowest BCUT2D eigenvalue weighted by Gasteiger charge is -2.13. The molecule has 7 heteroatoms. The highest BCUT2D eigenvalue weighted by molar-refractivity contribution is 8.26. The molecule has 5 nitrogen and oxygen atoms in total. The van der Waals surface area contributed by atoms with E-state index in [1.54, 1.807) is 6.08 Å². The maximum atomic E-state index is 12.6. The molecule has 3 aromatic rings. The average Bonchev–Trinajstić information content (AvgIpc) is 3.34. The summed E-state index contributed by atoms with van der Waals surface area (Å²) in [6.45, 7) is 0.297. The fraction of sp³-hybridized carbons (Fsp3) is 0.125. The summed E-state index contributed by atoms with van der Waals surface area (Å²) in [5.74, 6) is 0.169. The maximum absolute atomic E-state index is 12.6. The minimum Gasteiger partial charge on any atom is -0.481 e. The van der Waals surface area contributed by atoms with Crippen LogP contribution < -0.4 is 0 Å². The molecule has 4 rings (SSSR count). The van der Waals surface area contributed by atoms with E-state index in [0.29, 0.717) is 33.7 Å². The zero-order valence-electron chi connectivity index (χ0n) is 16.5. The summed E-state index contributed by atoms with van der Waals surface area (Å²) in [6.07, 6.45) is 2.04. The van der Waals surface area contributed by atoms with Crippen LogP contribution in [0.1, 0.15) is 18.6 Å². The second-order valence-electron chi connectivity index (χ2n) is 6.98. The van der Waals surface area contributed by atoms with Gasteiger partial charge < -0.3 is 9.52 Å². The van der Waals surface area contributed by atoms with Crippen molar-refractivity contribution in [3.8, 4) is 22.5 Å². The summed E-state index contributed by atoms with van der Waals surface area (Å²) in [6, 6.07) is 22.0. The first kappa shape index (κ1) is 21.1. The maximum Gasteiger partial charge on any atom is 0.303 e. The Hall–Kier alpha value is -3.16. The van der Waals surface area contributed by atoms with E-state index in [1.165, 1.54) is 16.7 Å². The van der Waals surface area contributed by atoms with Gasteiger partial charge in [0.05, 0.1) is 4.91 Å². The number of carbonyl (C=O) groups is 2. The highest BCUT2D eigenvalue weighted by atomic mass is 32.2. The molecule has 1 fully saturated rings. The summed E-state index contributed by atoms with van der Waals surface area (Å²) in [4.78, 5) is 25.2. The number of rotatable bonds is 7. The number of hydrogen-bond acceptors (Lipinski definition) is 5. The number of thioether (sulfide) groups is 1. The van der Waals surface area contributed by atoms with Crippen molar-refractivity contribution < 1.29 is 19.1 Å². The van der Waals surface area contributed by atoms with Crippen molar-refractivity contribution in [1.29, 1.82) is 0 Å². The molecule has 2 heterocycles. The van der Waals surface area contributed by atoms with Crippen LogP contribution in [-0.4, -0.2) is 32.7 Å². The molecule has 1 aliphatic rings. The predicted octanol–water partition coefficient (Wildman–Crippen LogP) is 5.68. The van der Waals surface area contributed by atoms with Gasteiger partial charge in [-0.25, -0.2) is 0 Å². The van der Waals surface area contributed by atoms with Crippen molar-refractivity contribution in [3.63, 3.8) is 0 Å². The molecule has 0 bridgehead atoms. The summed E-state index contributed by atoms with van der Waals surface area (Å²) in [7, 11) is 0. The topological polar surface area (TPSA) is 70.8 Å². The molecule has 0 atom stereocenters. The number of hydrogen-bond donors (Lipinski definition) is 1. The van der Waals surface area contributed by atoms with E-state index in [9.17, 15) is 9.59 Å². The lowest BCUT2D eigenvalue weighted by atomic mass is 10.0. The molecular formula is C24H19NO4S2. The fourth-order valence-electron chi connectivity index (χ4n) is 3.25. The van der Waals surface area contributed by atoms with Crippen LogP contribution in [0.3, 0.4) is 0 Å². The Labute approximate surface area is 189 Å². The summed E-state index contributed by atoms with van der Waals surface area (Å²) < 4.78 is 6.36. The third-order valence-electron chi connectivity index (χ3n) is 4.82. The van der Waals surface area contributed by atoms with Gasteiger partial charge in [-0.1, -0.05) is 78.6 Å². The van der Waals surface area contributed by atoms with Gasteiger partial charge in [0.25, 0.3) is 5.91 Å². The Morgan fingerprint density at radius 3 is 2.39 bits per heavy atom. The van der Waals surface area contributed by atoms with Crippen LogP contribution in [0.25, 0.3) is 28.5 Å². The molecule has 31 heavy (non-hydrogen) atoms. The lowest BCUT2D eigenvalue weighted by Crippen LogP contribution is -2.29. The number of carbonyl (C=O) groups excluding carboxylic acids is 1. The zero-order chi connectivity index (χ0) is 21.8. The van der Waals surface area contributed by atoms with Gasteiger partial charge in [-0.15, -0.1) is 0 Å². The molecule has 0 radical (unpaired) electrons. The smallest absolute Gasteiger partial charge is 0.303 e. The highest BCUT2D eigenvalue weighted by Gasteiger charge is 2.31. The van der Waals surface area contributed by atoms with Crippen molar-refractivity contribution in [2.75, 3.05) is 6.54 Å². The van der Waals surface area contributed by atoms with Gasteiger partial charge in [0, 0.05) is 24.6 Å². The molecule has 0 aliphatic carbocycles. The van der Waals surface area contributed by atoms with E-state index < -0.39 is 5.97 Å². The number of amides is 1. The molecule has 1 amide bonds. The monoisotopic (exact) mass is 449 g/mol. The molecule has 156 valence electrons. The van der Waals surface area contributed by atoms with Crippen molar-refractivity contribution in [2.24, 2.45) is 0 Å². The van der Waals surface area contributed by atoms with Crippen molar-refractivity contribution in [2.45, 2.75) is 12.8 Å². The van der Waals surface area contributed by atoms with Gasteiger partial charge in [-0.05, 0) is 29.7 Å². The van der Waals surface area contributed by atoms with E-state index in [2.05, 4.69) is 24.3 Å². The van der Waals surface area contributed by atoms with Gasteiger partial charge in [0.1, 0.15) is 15.8 Å². The number of benzene rings is 2. The van der Waals surface area contributed by atoms with Crippen molar-refractivity contribution in [1.82, 2.24) is 4.90 Å². The van der Waals surface area contributed by atoms with E-state index >= 15 is 0 Å². The van der Waals surface area contributed by atoms with Crippen LogP contribution >= 0.6 is 24.0 Å². The SMILES string of the molecule is O=C(O)CCCN1C(=O)/C(=C/c2ccc(-c3ccc(-c4ccccc4)cc3)o2)SC1=S. The minimum atomic E-state index is -0.888. The Balaban J connectivity index is 1.46. The largest absolute Gasteiger partial charge is 0.481 e. The first-order valence-corrected chi connectivity index (χ1v) is 11.0. The number of carboxylic acids is 1. The fourth-order valence-corrected chi connectivity index (χ4v) is 4.54. The summed E-state index contributed by atoms with van der Waals surface area (Å²) in [5, 5.41) is 8.77. The standard InChI is InChI=1S/C24H19NO4S2/c26-22(27)7-4-14-25-23(28)21(31-24(25)30)15-19-12-13-20(29-19)18-10-8-17(9-11-18)16-5-2-1-3-6-16/h1-3,5-6,8-13,15H,4,7,14H2,(H,26,27)/b21-15-. The van der Waals surface area contributed by atoms with Gasteiger partial charge in [-0.3, -0.25) is 14.5 Å². The van der Waals surface area contributed by atoms with Crippen molar-refractivity contribution in [3.05, 3.63) is 77.4 Å². The molecule has 1 saturated heterocycles. The number of aliphatic carboxylic acids is 1. The Morgan fingerprint density at radius 2 is 1.68 bits per heavy atom. The van der Waals surface area contributed by atoms with Gasteiger partial charge in [-0.2, -0.15) is 0 Å². The first-order chi connectivity index (χ1) is 15.0. The Kier molecular flexibility index (Phi) is 6.34. The third-order valence-corrected chi connectivity index (χ3v) is 6.20. The highest BCUT2D eigenvalue weighted by Crippen LogP contribution is 2.34. The van der Waals surface area contributed by atoms with Crippen LogP contribution in [0.5, 0.6) is 0 Å². The Bertz CT molecular complexity index is 1150. The van der Waals surface area contributed by atoms with E-state index in [1.807, 2.05) is 42.5 Å². The Morgan fingerprint density at radius 1 is 1.00 bits per heavy atom. The van der Waals surface area contributed by atoms with Crippen LogP contribution in [0.4, 0.5) is 0 Å². The lowest BCUT2D eigenvalue weighted by molar-refractivity contribution is -0.137. The van der Waals surface area contributed by atoms with Gasteiger partial charge >= 0.3 is 5.97 Å². The number of furan rings is 1. The number of carboxylic acid groups (broad SMARTS) is 1. The third kappa shape index (κ3) is 4.95. The molecule has 0 saturated carbocycles. The van der Waals surface area contributed by atoms with Gasteiger partial charge in [0.2, 0.25) is 0 Å². The zero-order valence-corrected chi connectivity index (χ0v) is 18.1. The van der Waals surface area contributed by atoms with Crippen LogP contribution in [0, 0.1) is 0 Å². The second kappa shape index (κ2) is 9.32. The predicted molar refractivity (Wildman–Crippen MR) is 126 cm³/mol. The molecular weight excluding hydrogens is 430 g/mol. The van der Waals surface area contributed by atoms with E-state index in [4.69, 9.17) is 21.7 Å².